The lowest BCUT2D eigenvalue weighted by atomic mass is 10.4. The van der Waals surface area contributed by atoms with Crippen LogP contribution in [-0.4, -0.2) is 29.3 Å². The van der Waals surface area contributed by atoms with E-state index in [1.807, 2.05) is 0 Å². The fourth-order valence-electron chi connectivity index (χ4n) is 0.261. The fourth-order valence-corrected chi connectivity index (χ4v) is 0.261. The molecule has 5 nitrogen and oxygen atoms in total. The van der Waals surface area contributed by atoms with E-state index >= 15 is 0 Å². The predicted octanol–water partition coefficient (Wildman–Crippen LogP) is 1.90. The van der Waals surface area contributed by atoms with Gasteiger partial charge in [-0.05, 0) is 22.9 Å². The van der Waals surface area contributed by atoms with E-state index in [9.17, 15) is 14.0 Å². The third-order valence-corrected chi connectivity index (χ3v) is 1.53. The van der Waals surface area contributed by atoms with Gasteiger partial charge in [0, 0.05) is 0 Å². The second kappa shape index (κ2) is 9.20. The topological polar surface area (TPSA) is 83.8 Å². The molecule has 0 aliphatic rings. The molecule has 0 rings (SSSR count). The second-order valence-electron chi connectivity index (χ2n) is 2.07. The Morgan fingerprint density at radius 3 is 2.00 bits per heavy atom. The van der Waals surface area contributed by atoms with Crippen LogP contribution in [0.3, 0.4) is 0 Å². The van der Waals surface area contributed by atoms with Gasteiger partial charge in [0.05, 0.1) is 19.0 Å². The molecule has 0 amide bonds. The van der Waals surface area contributed by atoms with Crippen molar-refractivity contribution >= 4 is 27.9 Å². The Morgan fingerprint density at radius 1 is 1.47 bits per heavy atom. The zero-order chi connectivity index (χ0) is 12.4. The Balaban J connectivity index is 0. The summed E-state index contributed by atoms with van der Waals surface area (Å²) < 4.78 is 15.3. The molecule has 0 atom stereocenters. The highest BCUT2D eigenvalue weighted by atomic mass is 79.9. The van der Waals surface area contributed by atoms with Gasteiger partial charge in [-0.2, -0.15) is 0 Å². The quantitative estimate of drug-likeness (QED) is 0.460. The van der Waals surface area contributed by atoms with E-state index < -0.39 is 11.9 Å². The summed E-state index contributed by atoms with van der Waals surface area (Å²) in [6.07, 6.45) is 0.689. The van der Waals surface area contributed by atoms with Gasteiger partial charge in [0.25, 0.3) is 0 Å². The fraction of sp³-hybridized carbons (Fsp3) is 0.250. The molecule has 0 saturated carbocycles. The molecule has 86 valence electrons. The summed E-state index contributed by atoms with van der Waals surface area (Å²) in [4.78, 5) is 19.9. The lowest BCUT2D eigenvalue weighted by molar-refractivity contribution is -0.136. The van der Waals surface area contributed by atoms with Crippen LogP contribution in [0.15, 0.2) is 22.6 Å². The maximum absolute atomic E-state index is 11.4. The van der Waals surface area contributed by atoms with Crippen LogP contribution in [0.2, 0.25) is 0 Å². The van der Waals surface area contributed by atoms with Crippen molar-refractivity contribution in [2.24, 2.45) is 0 Å². The number of halogens is 2. The van der Waals surface area contributed by atoms with Gasteiger partial charge in [0.1, 0.15) is 10.7 Å². The lowest BCUT2D eigenvalue weighted by Crippen LogP contribution is -1.99. The number of carbonyl (C=O) groups is 2. The molecule has 0 aliphatic heterocycles. The molecule has 0 aromatic rings. The van der Waals surface area contributed by atoms with Crippen molar-refractivity contribution in [3.8, 4) is 0 Å². The van der Waals surface area contributed by atoms with Crippen molar-refractivity contribution in [1.29, 1.82) is 0 Å². The van der Waals surface area contributed by atoms with E-state index in [0.29, 0.717) is 6.26 Å². The van der Waals surface area contributed by atoms with Crippen LogP contribution in [0.25, 0.3) is 0 Å². The molecule has 0 heterocycles. The highest BCUT2D eigenvalue weighted by molar-refractivity contribution is 9.12. The number of ether oxygens (including phenoxy) is 1. The summed E-state index contributed by atoms with van der Waals surface area (Å²) in [6, 6.07) is 0. The normalized spacial score (nSPS) is 11.2. The number of aliphatic carboxylic acids is 1. The first-order valence-corrected chi connectivity index (χ1v) is 4.28. The summed E-state index contributed by atoms with van der Waals surface area (Å²) in [5, 5.41) is 15.8. The highest BCUT2D eigenvalue weighted by Crippen LogP contribution is 2.00. The molecule has 0 aliphatic carbocycles. The third-order valence-electron chi connectivity index (χ3n) is 0.989. The van der Waals surface area contributed by atoms with Crippen LogP contribution >= 0.6 is 15.9 Å². The van der Waals surface area contributed by atoms with Gasteiger partial charge in [-0.25, -0.2) is 14.0 Å². The standard InChI is InChI=1S/C5H7FO2.C3H3BrO3/c1-4(3-6)5(7)8-2;4-2(1-5)3(6)7/h3H,1-2H3;1,5H,(H,6,7)/b4-3+;2-1-. The number of hydrogen-bond acceptors (Lipinski definition) is 4. The van der Waals surface area contributed by atoms with E-state index in [-0.39, 0.29) is 16.4 Å². The molecule has 0 aromatic carbocycles. The van der Waals surface area contributed by atoms with Crippen LogP contribution in [0.5, 0.6) is 0 Å². The van der Waals surface area contributed by atoms with E-state index in [1.54, 1.807) is 0 Å². The second-order valence-corrected chi connectivity index (χ2v) is 2.92. The minimum Gasteiger partial charge on any atom is -0.514 e. The molecule has 0 radical (unpaired) electrons. The van der Waals surface area contributed by atoms with Crippen LogP contribution in [0.1, 0.15) is 6.92 Å². The Kier molecular flexibility index (Phi) is 9.85. The number of hydrogen-bond donors (Lipinski definition) is 2. The zero-order valence-electron chi connectivity index (χ0n) is 8.03. The molecule has 0 aromatic heterocycles. The first-order valence-electron chi connectivity index (χ1n) is 3.49. The number of aliphatic hydroxyl groups excluding tert-OH is 1. The van der Waals surface area contributed by atoms with Gasteiger partial charge in [-0.1, -0.05) is 0 Å². The van der Waals surface area contributed by atoms with E-state index in [2.05, 4.69) is 20.7 Å². The number of aliphatic hydroxyl groups is 1. The number of carboxylic acid groups (broad SMARTS) is 1. The summed E-state index contributed by atoms with van der Waals surface area (Å²) in [5.41, 5.74) is -0.0208. The molecule has 0 fully saturated rings. The first kappa shape index (κ1) is 16.1. The molecular weight excluding hydrogens is 275 g/mol. The molecule has 0 unspecified atom stereocenters. The van der Waals surface area contributed by atoms with Gasteiger partial charge in [-0.3, -0.25) is 0 Å². The molecule has 15 heavy (non-hydrogen) atoms. The average Bonchev–Trinajstić information content (AvgIpc) is 2.26. The Hall–Kier alpha value is -1.37. The summed E-state index contributed by atoms with van der Waals surface area (Å²) in [5.74, 6) is -1.81. The molecule has 7 heteroatoms. The SMILES string of the molecule is COC(=O)/C(C)=C/F.O=C(O)/C(Br)=C/O. The van der Waals surface area contributed by atoms with Gasteiger partial charge in [-0.15, -0.1) is 0 Å². The summed E-state index contributed by atoms with van der Waals surface area (Å²) in [6.45, 7) is 1.34. The van der Waals surface area contributed by atoms with Crippen molar-refractivity contribution in [2.45, 2.75) is 6.92 Å². The van der Waals surface area contributed by atoms with Crippen molar-refractivity contribution in [3.05, 3.63) is 22.6 Å². The van der Waals surface area contributed by atoms with E-state index in [0.717, 1.165) is 0 Å². The molecule has 0 bridgehead atoms. The van der Waals surface area contributed by atoms with Gasteiger partial charge < -0.3 is 14.9 Å². The largest absolute Gasteiger partial charge is 0.514 e. The van der Waals surface area contributed by atoms with Gasteiger partial charge in [0.15, 0.2) is 0 Å². The third kappa shape index (κ3) is 8.95. The first-order chi connectivity index (χ1) is 6.90. The lowest BCUT2D eigenvalue weighted by Gasteiger charge is -1.92. The minimum atomic E-state index is -1.18. The van der Waals surface area contributed by atoms with Gasteiger partial charge >= 0.3 is 11.9 Å². The van der Waals surface area contributed by atoms with Crippen LogP contribution in [0.4, 0.5) is 4.39 Å². The van der Waals surface area contributed by atoms with Crippen LogP contribution in [-0.2, 0) is 14.3 Å². The molecular formula is C8H10BrFO5. The number of carbonyl (C=O) groups excluding carboxylic acids is 1. The summed E-state index contributed by atoms with van der Waals surface area (Å²) in [7, 11) is 1.20. The Labute approximate surface area is 94.0 Å². The van der Waals surface area contributed by atoms with Crippen molar-refractivity contribution in [1.82, 2.24) is 0 Å². The van der Waals surface area contributed by atoms with Crippen molar-refractivity contribution in [3.63, 3.8) is 0 Å². The predicted molar refractivity (Wildman–Crippen MR) is 54.2 cm³/mol. The maximum Gasteiger partial charge on any atom is 0.345 e. The number of esters is 1. The van der Waals surface area contributed by atoms with E-state index in [4.69, 9.17) is 10.2 Å². The number of carboxylic acids is 1. The highest BCUT2D eigenvalue weighted by Gasteiger charge is 2.00. The van der Waals surface area contributed by atoms with Crippen LogP contribution in [0, 0.1) is 0 Å². The molecule has 0 spiro atoms. The Morgan fingerprint density at radius 2 is 1.93 bits per heavy atom. The van der Waals surface area contributed by atoms with Gasteiger partial charge in [0.2, 0.25) is 0 Å². The average molecular weight is 285 g/mol. The van der Waals surface area contributed by atoms with Crippen molar-refractivity contribution in [2.75, 3.05) is 7.11 Å². The minimum absolute atomic E-state index is 0.0208. The number of methoxy groups -OCH3 is 1. The number of rotatable bonds is 2. The smallest absolute Gasteiger partial charge is 0.345 e. The summed E-state index contributed by atoms with van der Waals surface area (Å²) >= 11 is 2.55. The molecule has 0 saturated heterocycles. The Bertz CT molecular complexity index is 285. The molecule has 2 N–H and O–H groups in total. The van der Waals surface area contributed by atoms with Crippen LogP contribution < -0.4 is 0 Å². The van der Waals surface area contributed by atoms with E-state index in [1.165, 1.54) is 14.0 Å². The van der Waals surface area contributed by atoms with Crippen molar-refractivity contribution < 1.29 is 28.9 Å². The monoisotopic (exact) mass is 284 g/mol. The maximum atomic E-state index is 11.4. The zero-order valence-corrected chi connectivity index (χ0v) is 9.62.